The van der Waals surface area contributed by atoms with Crippen molar-refractivity contribution in [1.82, 2.24) is 0 Å². The molecule has 166 valence electrons. The smallest absolute Gasteiger partial charge is 0.333 e. The van der Waals surface area contributed by atoms with Crippen molar-refractivity contribution < 1.29 is 23.8 Å². The first-order valence-corrected chi connectivity index (χ1v) is 11.6. The second-order valence-corrected chi connectivity index (χ2v) is 8.84. The van der Waals surface area contributed by atoms with E-state index in [1.165, 1.54) is 38.5 Å². The molecule has 0 heterocycles. The van der Waals surface area contributed by atoms with E-state index in [-0.39, 0.29) is 36.7 Å². The van der Waals surface area contributed by atoms with Crippen LogP contribution in [0.1, 0.15) is 90.9 Å². The van der Waals surface area contributed by atoms with Crippen LogP contribution in [-0.2, 0) is 23.8 Å². The Morgan fingerprint density at radius 1 is 0.897 bits per heavy atom. The van der Waals surface area contributed by atoms with Gasteiger partial charge in [0.2, 0.25) is 0 Å². The molecular weight excluding hydrogens is 368 g/mol. The number of hydrogen-bond donors (Lipinski definition) is 0. The van der Waals surface area contributed by atoms with E-state index in [4.69, 9.17) is 14.2 Å². The minimum atomic E-state index is -0.380. The largest absolute Gasteiger partial charge is 0.462 e. The standard InChI is InChI=1S/C24H40O5/c1-4-5-6-7-19-8-12-22(13-9-19)29-24(26)20-10-14-21(15-11-20)27-16-17-28-23(25)18(2)3/h19-22H,2,4-17H2,1,3H3/t19-,20-,21-,22-. The fourth-order valence-corrected chi connectivity index (χ4v) is 4.42. The van der Waals surface area contributed by atoms with Crippen LogP contribution in [-0.4, -0.2) is 37.4 Å². The molecule has 2 rings (SSSR count). The first-order chi connectivity index (χ1) is 14.0. The molecule has 2 fully saturated rings. The average Bonchev–Trinajstić information content (AvgIpc) is 2.72. The van der Waals surface area contributed by atoms with Gasteiger partial charge in [0.25, 0.3) is 0 Å². The van der Waals surface area contributed by atoms with Crippen molar-refractivity contribution in [2.24, 2.45) is 11.8 Å². The van der Waals surface area contributed by atoms with Crippen molar-refractivity contribution in [3.05, 3.63) is 12.2 Å². The molecule has 0 aromatic carbocycles. The lowest BCUT2D eigenvalue weighted by atomic mass is 9.83. The van der Waals surface area contributed by atoms with Crippen LogP contribution in [0.4, 0.5) is 0 Å². The van der Waals surface area contributed by atoms with Crippen LogP contribution in [0.3, 0.4) is 0 Å². The topological polar surface area (TPSA) is 61.8 Å². The van der Waals surface area contributed by atoms with Crippen molar-refractivity contribution in [2.45, 2.75) is 103 Å². The predicted octanol–water partition coefficient (Wildman–Crippen LogP) is 5.36. The van der Waals surface area contributed by atoms with E-state index in [2.05, 4.69) is 13.5 Å². The number of hydrogen-bond acceptors (Lipinski definition) is 5. The normalized spacial score (nSPS) is 27.2. The predicted molar refractivity (Wildman–Crippen MR) is 113 cm³/mol. The summed E-state index contributed by atoms with van der Waals surface area (Å²) < 4.78 is 16.7. The van der Waals surface area contributed by atoms with E-state index in [9.17, 15) is 9.59 Å². The van der Waals surface area contributed by atoms with Gasteiger partial charge in [0.05, 0.1) is 18.6 Å². The highest BCUT2D eigenvalue weighted by molar-refractivity contribution is 5.86. The summed E-state index contributed by atoms with van der Waals surface area (Å²) in [6, 6.07) is 0. The van der Waals surface area contributed by atoms with Gasteiger partial charge in [-0.25, -0.2) is 4.79 Å². The van der Waals surface area contributed by atoms with Crippen LogP contribution in [0.2, 0.25) is 0 Å². The molecule has 0 spiro atoms. The summed E-state index contributed by atoms with van der Waals surface area (Å²) in [6.45, 7) is 8.06. The molecule has 0 unspecified atom stereocenters. The van der Waals surface area contributed by atoms with Gasteiger partial charge in [-0.05, 0) is 64.2 Å². The van der Waals surface area contributed by atoms with Crippen LogP contribution in [0, 0.1) is 11.8 Å². The van der Waals surface area contributed by atoms with E-state index >= 15 is 0 Å². The summed E-state index contributed by atoms with van der Waals surface area (Å²) in [5.74, 6) is 0.459. The second kappa shape index (κ2) is 13.0. The molecule has 0 aromatic heterocycles. The third-order valence-electron chi connectivity index (χ3n) is 6.32. The Labute approximate surface area is 176 Å². The van der Waals surface area contributed by atoms with Crippen molar-refractivity contribution in [3.63, 3.8) is 0 Å². The zero-order valence-electron chi connectivity index (χ0n) is 18.5. The zero-order valence-corrected chi connectivity index (χ0v) is 18.5. The van der Waals surface area contributed by atoms with E-state index in [1.807, 2.05) is 0 Å². The van der Waals surface area contributed by atoms with Crippen molar-refractivity contribution in [3.8, 4) is 0 Å². The van der Waals surface area contributed by atoms with Crippen LogP contribution >= 0.6 is 0 Å². The maximum absolute atomic E-state index is 12.5. The van der Waals surface area contributed by atoms with Gasteiger partial charge in [-0.15, -0.1) is 0 Å². The van der Waals surface area contributed by atoms with Gasteiger partial charge in [0, 0.05) is 5.57 Å². The summed E-state index contributed by atoms with van der Waals surface area (Å²) in [6.07, 6.45) is 13.4. The van der Waals surface area contributed by atoms with Gasteiger partial charge >= 0.3 is 11.9 Å². The molecule has 0 atom stereocenters. The number of carbonyl (C=O) groups excluding carboxylic acids is 2. The van der Waals surface area contributed by atoms with Gasteiger partial charge in [0.1, 0.15) is 12.7 Å². The molecule has 0 amide bonds. The maximum atomic E-state index is 12.5. The molecule has 0 aromatic rings. The quantitative estimate of drug-likeness (QED) is 0.261. The number of unbranched alkanes of at least 4 members (excludes halogenated alkanes) is 2. The lowest BCUT2D eigenvalue weighted by Crippen LogP contribution is -2.32. The molecule has 29 heavy (non-hydrogen) atoms. The molecule has 5 nitrogen and oxygen atoms in total. The first-order valence-electron chi connectivity index (χ1n) is 11.6. The number of rotatable bonds is 11. The Bertz CT molecular complexity index is 513. The lowest BCUT2D eigenvalue weighted by molar-refractivity contribution is -0.158. The van der Waals surface area contributed by atoms with Crippen molar-refractivity contribution in [2.75, 3.05) is 13.2 Å². The Kier molecular flexibility index (Phi) is 10.8. The third kappa shape index (κ3) is 8.90. The van der Waals surface area contributed by atoms with Gasteiger partial charge in [-0.1, -0.05) is 39.2 Å². The maximum Gasteiger partial charge on any atom is 0.333 e. The fourth-order valence-electron chi connectivity index (χ4n) is 4.42. The van der Waals surface area contributed by atoms with Crippen LogP contribution in [0.5, 0.6) is 0 Å². The first kappa shape index (κ1) is 23.9. The van der Waals surface area contributed by atoms with Crippen LogP contribution < -0.4 is 0 Å². The molecule has 0 N–H and O–H groups in total. The summed E-state index contributed by atoms with van der Waals surface area (Å²) in [5.41, 5.74) is 0.397. The summed E-state index contributed by atoms with van der Waals surface area (Å²) >= 11 is 0. The summed E-state index contributed by atoms with van der Waals surface area (Å²) in [4.78, 5) is 23.9. The van der Waals surface area contributed by atoms with Crippen molar-refractivity contribution in [1.29, 1.82) is 0 Å². The molecule has 0 saturated heterocycles. The molecule has 2 aliphatic carbocycles. The Balaban J connectivity index is 1.56. The molecule has 0 radical (unpaired) electrons. The average molecular weight is 409 g/mol. The highest BCUT2D eigenvalue weighted by atomic mass is 16.6. The minimum Gasteiger partial charge on any atom is -0.462 e. The fraction of sp³-hybridized carbons (Fsp3) is 0.833. The minimum absolute atomic E-state index is 0.00623. The highest BCUT2D eigenvalue weighted by Crippen LogP contribution is 2.32. The Morgan fingerprint density at radius 3 is 2.17 bits per heavy atom. The van der Waals surface area contributed by atoms with Gasteiger partial charge in [0.15, 0.2) is 0 Å². The number of carbonyl (C=O) groups is 2. The molecule has 0 bridgehead atoms. The Morgan fingerprint density at radius 2 is 1.55 bits per heavy atom. The lowest BCUT2D eigenvalue weighted by Gasteiger charge is -2.31. The van der Waals surface area contributed by atoms with Gasteiger partial charge in [-0.3, -0.25) is 4.79 Å². The Hall–Kier alpha value is -1.36. The second-order valence-electron chi connectivity index (χ2n) is 8.84. The summed E-state index contributed by atoms with van der Waals surface area (Å²) in [5, 5.41) is 0. The van der Waals surface area contributed by atoms with Crippen LogP contribution in [0.15, 0.2) is 12.2 Å². The summed E-state index contributed by atoms with van der Waals surface area (Å²) in [7, 11) is 0. The van der Waals surface area contributed by atoms with Crippen molar-refractivity contribution >= 4 is 11.9 Å². The monoisotopic (exact) mass is 408 g/mol. The molecule has 0 aliphatic heterocycles. The van der Waals surface area contributed by atoms with E-state index in [0.717, 1.165) is 44.4 Å². The zero-order chi connectivity index (χ0) is 21.1. The van der Waals surface area contributed by atoms with Gasteiger partial charge in [-0.2, -0.15) is 0 Å². The number of esters is 2. The third-order valence-corrected chi connectivity index (χ3v) is 6.32. The molecule has 2 saturated carbocycles. The van der Waals surface area contributed by atoms with E-state index < -0.39 is 0 Å². The van der Waals surface area contributed by atoms with E-state index in [0.29, 0.717) is 12.2 Å². The highest BCUT2D eigenvalue weighted by Gasteiger charge is 2.31. The van der Waals surface area contributed by atoms with E-state index in [1.54, 1.807) is 6.92 Å². The SMILES string of the molecule is C=C(C)C(=O)OCCO[C@H]1CC[C@H](C(=O)O[C@H]2CC[C@H](CCCCC)CC2)CC1. The van der Waals surface area contributed by atoms with Gasteiger partial charge < -0.3 is 14.2 Å². The molecule has 5 heteroatoms. The molecule has 2 aliphatic rings. The number of ether oxygens (including phenoxy) is 3. The van der Waals surface area contributed by atoms with Crippen LogP contribution in [0.25, 0.3) is 0 Å². The molecular formula is C24H40O5.